The predicted molar refractivity (Wildman–Crippen MR) is 102 cm³/mol. The smallest absolute Gasteiger partial charge is 0.305 e. The summed E-state index contributed by atoms with van der Waals surface area (Å²) in [5.74, 6) is -0.199. The zero-order chi connectivity index (χ0) is 19.0. The first-order valence-corrected chi connectivity index (χ1v) is 10.2. The fourth-order valence-electron chi connectivity index (χ4n) is 4.07. The lowest BCUT2D eigenvalue weighted by molar-refractivity contribution is -0.140. The van der Waals surface area contributed by atoms with Crippen LogP contribution in [0.2, 0.25) is 0 Å². The molecular weight excluding hydrogens is 366 g/mol. The Hall–Kier alpha value is -1.77. The van der Waals surface area contributed by atoms with E-state index in [-0.39, 0.29) is 18.6 Å². The number of thiophene rings is 1. The highest BCUT2D eigenvalue weighted by Gasteiger charge is 2.29. The second-order valence-electron chi connectivity index (χ2n) is 7.61. The summed E-state index contributed by atoms with van der Waals surface area (Å²) in [6, 6.07) is 0.623. The second-order valence-corrected chi connectivity index (χ2v) is 8.69. The Morgan fingerprint density at radius 2 is 2.11 bits per heavy atom. The van der Waals surface area contributed by atoms with Crippen molar-refractivity contribution in [2.24, 2.45) is 0 Å². The van der Waals surface area contributed by atoms with Gasteiger partial charge in [0.1, 0.15) is 17.3 Å². The van der Waals surface area contributed by atoms with Crippen LogP contribution in [0, 0.1) is 0 Å². The number of aliphatic carboxylic acids is 1. The quantitative estimate of drug-likeness (QED) is 0.839. The highest BCUT2D eigenvalue weighted by Crippen LogP contribution is 2.40. The van der Waals surface area contributed by atoms with Gasteiger partial charge in [-0.3, -0.25) is 4.79 Å². The van der Waals surface area contributed by atoms with Crippen LogP contribution in [0.15, 0.2) is 6.33 Å². The van der Waals surface area contributed by atoms with Gasteiger partial charge >= 0.3 is 5.97 Å². The minimum Gasteiger partial charge on any atom is -0.481 e. The predicted octanol–water partition coefficient (Wildman–Crippen LogP) is 2.86. The van der Waals surface area contributed by atoms with E-state index in [1.165, 1.54) is 0 Å². The second kappa shape index (κ2) is 7.69. The van der Waals surface area contributed by atoms with Gasteiger partial charge in [0.15, 0.2) is 0 Å². The summed E-state index contributed by atoms with van der Waals surface area (Å²) in [7, 11) is 4.26. The molecule has 2 aliphatic rings. The van der Waals surface area contributed by atoms with E-state index < -0.39 is 5.97 Å². The Balaban J connectivity index is 1.56. The van der Waals surface area contributed by atoms with Crippen molar-refractivity contribution in [3.8, 4) is 5.88 Å². The van der Waals surface area contributed by atoms with Gasteiger partial charge in [-0.15, -0.1) is 11.3 Å². The fraction of sp³-hybridized carbons (Fsp3) is 0.632. The van der Waals surface area contributed by atoms with E-state index in [9.17, 15) is 4.79 Å². The lowest BCUT2D eigenvalue weighted by Crippen LogP contribution is -2.35. The molecule has 8 heteroatoms. The van der Waals surface area contributed by atoms with Crippen LogP contribution in [0.3, 0.4) is 0 Å². The normalized spacial score (nSPS) is 25.5. The lowest BCUT2D eigenvalue weighted by Gasteiger charge is -2.32. The number of hydrogen-bond donors (Lipinski definition) is 1. The summed E-state index contributed by atoms with van der Waals surface area (Å²) in [6.07, 6.45) is 6.29. The molecule has 146 valence electrons. The molecule has 0 saturated heterocycles. The Morgan fingerprint density at radius 1 is 1.33 bits per heavy atom. The number of fused-ring (bicyclic) bond motifs is 3. The molecular formula is C19H25N3O4S. The van der Waals surface area contributed by atoms with Gasteiger partial charge in [0, 0.05) is 17.3 Å². The van der Waals surface area contributed by atoms with Crippen LogP contribution in [-0.4, -0.2) is 58.3 Å². The number of carbonyl (C=O) groups is 1. The number of nitrogens with zero attached hydrogens (tertiary/aromatic N) is 3. The molecule has 1 saturated carbocycles. The van der Waals surface area contributed by atoms with Crippen LogP contribution in [0.5, 0.6) is 5.88 Å². The maximum absolute atomic E-state index is 11.1. The van der Waals surface area contributed by atoms with Gasteiger partial charge < -0.3 is 19.5 Å². The Kier molecular flexibility index (Phi) is 5.29. The molecule has 0 bridgehead atoms. The molecule has 0 spiro atoms. The van der Waals surface area contributed by atoms with E-state index in [0.717, 1.165) is 46.3 Å². The van der Waals surface area contributed by atoms with E-state index in [1.807, 2.05) is 0 Å². The molecule has 1 fully saturated rings. The molecule has 27 heavy (non-hydrogen) atoms. The molecule has 0 radical (unpaired) electrons. The summed E-state index contributed by atoms with van der Waals surface area (Å²) in [5.41, 5.74) is 1.10. The largest absolute Gasteiger partial charge is 0.481 e. The Morgan fingerprint density at radius 3 is 2.81 bits per heavy atom. The van der Waals surface area contributed by atoms with Crippen molar-refractivity contribution in [1.82, 2.24) is 14.9 Å². The van der Waals surface area contributed by atoms with E-state index in [4.69, 9.17) is 14.6 Å². The number of carboxylic acids is 1. The molecule has 3 heterocycles. The van der Waals surface area contributed by atoms with Gasteiger partial charge in [-0.25, -0.2) is 9.97 Å². The maximum Gasteiger partial charge on any atom is 0.305 e. The Labute approximate surface area is 162 Å². The fourth-order valence-corrected chi connectivity index (χ4v) is 5.15. The first-order chi connectivity index (χ1) is 13.0. The minimum absolute atomic E-state index is 0.00914. The molecule has 1 aliphatic heterocycles. The van der Waals surface area contributed by atoms with Crippen LogP contribution < -0.4 is 4.74 Å². The van der Waals surface area contributed by atoms with Crippen LogP contribution in [0.1, 0.15) is 42.5 Å². The van der Waals surface area contributed by atoms with Crippen molar-refractivity contribution in [2.45, 2.75) is 63.4 Å². The molecule has 2 aromatic rings. The SMILES string of the molecule is CN(C)C1CCC(Oc2ncnc3sc4c(c23)CC(CC(=O)O)OC4)CC1. The zero-order valence-corrected chi connectivity index (χ0v) is 16.5. The number of hydrogen-bond acceptors (Lipinski definition) is 7. The van der Waals surface area contributed by atoms with Crippen LogP contribution >= 0.6 is 11.3 Å². The first kappa shape index (κ1) is 18.6. The number of rotatable bonds is 5. The molecule has 1 unspecified atom stereocenters. The molecule has 1 atom stereocenters. The van der Waals surface area contributed by atoms with E-state index in [2.05, 4.69) is 29.0 Å². The summed E-state index contributed by atoms with van der Waals surface area (Å²) in [5, 5.41) is 10.0. The summed E-state index contributed by atoms with van der Waals surface area (Å²) >= 11 is 1.59. The molecule has 1 aliphatic carbocycles. The van der Waals surface area contributed by atoms with Crippen LogP contribution in [0.4, 0.5) is 0 Å². The standard InChI is InChI=1S/C19H25N3O4S/c1-22(2)11-3-5-12(6-4-11)26-18-17-14-7-13(8-16(23)24)25-9-15(14)27-19(17)21-10-20-18/h10-13H,3-9H2,1-2H3,(H,23,24). The lowest BCUT2D eigenvalue weighted by atomic mass is 9.92. The van der Waals surface area contributed by atoms with E-state index in [0.29, 0.717) is 24.9 Å². The average Bonchev–Trinajstić information content (AvgIpc) is 3.00. The summed E-state index contributed by atoms with van der Waals surface area (Å²) < 4.78 is 12.0. The van der Waals surface area contributed by atoms with Crippen LogP contribution in [-0.2, 0) is 22.6 Å². The van der Waals surface area contributed by atoms with Crippen LogP contribution in [0.25, 0.3) is 10.2 Å². The van der Waals surface area contributed by atoms with Gasteiger partial charge in [0.05, 0.1) is 24.5 Å². The topological polar surface area (TPSA) is 84.8 Å². The van der Waals surface area contributed by atoms with Gasteiger partial charge in [-0.05, 0) is 45.3 Å². The molecule has 0 amide bonds. The zero-order valence-electron chi connectivity index (χ0n) is 15.7. The summed E-state index contributed by atoms with van der Waals surface area (Å²) in [6.45, 7) is 0.432. The molecule has 4 rings (SSSR count). The van der Waals surface area contributed by atoms with Gasteiger partial charge in [0.25, 0.3) is 0 Å². The number of carboxylic acid groups (broad SMARTS) is 1. The number of aromatic nitrogens is 2. The maximum atomic E-state index is 11.1. The van der Waals surface area contributed by atoms with Crippen molar-refractivity contribution in [1.29, 1.82) is 0 Å². The van der Waals surface area contributed by atoms with Gasteiger partial charge in [0.2, 0.25) is 5.88 Å². The Bertz CT molecular complexity index is 830. The summed E-state index contributed by atoms with van der Waals surface area (Å²) in [4.78, 5) is 24.2. The third kappa shape index (κ3) is 3.93. The first-order valence-electron chi connectivity index (χ1n) is 9.43. The van der Waals surface area contributed by atoms with Crippen molar-refractivity contribution in [2.75, 3.05) is 14.1 Å². The van der Waals surface area contributed by atoms with Gasteiger partial charge in [-0.1, -0.05) is 0 Å². The highest BCUT2D eigenvalue weighted by molar-refractivity contribution is 7.18. The highest BCUT2D eigenvalue weighted by atomic mass is 32.1. The molecule has 7 nitrogen and oxygen atoms in total. The van der Waals surface area contributed by atoms with Crippen molar-refractivity contribution < 1.29 is 19.4 Å². The van der Waals surface area contributed by atoms with Gasteiger partial charge in [-0.2, -0.15) is 0 Å². The van der Waals surface area contributed by atoms with E-state index >= 15 is 0 Å². The minimum atomic E-state index is -0.839. The third-order valence-corrected chi connectivity index (χ3v) is 6.69. The molecule has 1 N–H and O–H groups in total. The van der Waals surface area contributed by atoms with Crippen molar-refractivity contribution >= 4 is 27.5 Å². The van der Waals surface area contributed by atoms with E-state index in [1.54, 1.807) is 17.7 Å². The third-order valence-electron chi connectivity index (χ3n) is 5.57. The monoisotopic (exact) mass is 391 g/mol. The molecule has 0 aromatic carbocycles. The van der Waals surface area contributed by atoms with Crippen molar-refractivity contribution in [3.05, 3.63) is 16.8 Å². The molecule has 2 aromatic heterocycles. The average molecular weight is 391 g/mol. The number of ether oxygens (including phenoxy) is 2. The van der Waals surface area contributed by atoms with Crippen molar-refractivity contribution in [3.63, 3.8) is 0 Å².